The molecule has 0 aromatic heterocycles. The number of hydrogen-bond donors (Lipinski definition) is 1. The Morgan fingerprint density at radius 3 is 2.67 bits per heavy atom. The third-order valence-corrected chi connectivity index (χ3v) is 2.27. The highest BCUT2D eigenvalue weighted by Crippen LogP contribution is 2.26. The summed E-state index contributed by atoms with van der Waals surface area (Å²) in [5, 5.41) is 3.03. The van der Waals surface area contributed by atoms with Gasteiger partial charge >= 0.3 is 0 Å². The van der Waals surface area contributed by atoms with Crippen LogP contribution in [0.25, 0.3) is 0 Å². The molecule has 0 amide bonds. The van der Waals surface area contributed by atoms with E-state index in [1.807, 2.05) is 14.0 Å². The molecule has 1 unspecified atom stereocenters. The minimum Gasteiger partial charge on any atom is -0.316 e. The van der Waals surface area contributed by atoms with Crippen LogP contribution in [0.3, 0.4) is 0 Å². The van der Waals surface area contributed by atoms with Gasteiger partial charge in [0.1, 0.15) is 0 Å². The van der Waals surface area contributed by atoms with Crippen molar-refractivity contribution >= 4 is 0 Å². The summed E-state index contributed by atoms with van der Waals surface area (Å²) in [6, 6.07) is 0.291. The van der Waals surface area contributed by atoms with Crippen molar-refractivity contribution in [3.63, 3.8) is 0 Å². The molecule has 0 aromatic rings. The van der Waals surface area contributed by atoms with Gasteiger partial charge in [0, 0.05) is 25.6 Å². The van der Waals surface area contributed by atoms with Gasteiger partial charge in [-0.15, -0.1) is 0 Å². The van der Waals surface area contributed by atoms with Crippen molar-refractivity contribution in [1.82, 2.24) is 10.2 Å². The van der Waals surface area contributed by atoms with Gasteiger partial charge in [-0.25, -0.2) is 8.78 Å². The van der Waals surface area contributed by atoms with E-state index in [4.69, 9.17) is 0 Å². The first-order valence-corrected chi connectivity index (χ1v) is 4.31. The molecule has 1 aliphatic rings. The lowest BCUT2D eigenvalue weighted by Crippen LogP contribution is -2.37. The molecule has 0 aliphatic carbocycles. The average Bonchev–Trinajstić information content (AvgIpc) is 2.30. The molecule has 1 N–H and O–H groups in total. The maximum Gasteiger partial charge on any atom is 0.261 e. The summed E-state index contributed by atoms with van der Waals surface area (Å²) in [6.45, 7) is 3.17. The molecule has 1 aliphatic heterocycles. The first-order valence-electron chi connectivity index (χ1n) is 4.31. The van der Waals surface area contributed by atoms with Gasteiger partial charge in [0.2, 0.25) is 0 Å². The Bertz CT molecular complexity index is 150. The fourth-order valence-corrected chi connectivity index (χ4v) is 1.44. The number of halogens is 2. The van der Waals surface area contributed by atoms with Gasteiger partial charge in [-0.3, -0.25) is 4.90 Å². The van der Waals surface area contributed by atoms with E-state index in [0.717, 1.165) is 0 Å². The quantitative estimate of drug-likeness (QED) is 0.691. The van der Waals surface area contributed by atoms with Crippen LogP contribution >= 0.6 is 0 Å². The number of nitrogens with zero attached hydrogens (tertiary/aromatic N) is 1. The molecule has 2 nitrogen and oxygen atoms in total. The topological polar surface area (TPSA) is 15.3 Å². The second-order valence-corrected chi connectivity index (χ2v) is 3.53. The van der Waals surface area contributed by atoms with Crippen LogP contribution in [0.2, 0.25) is 0 Å². The van der Waals surface area contributed by atoms with E-state index < -0.39 is 5.92 Å². The molecule has 12 heavy (non-hydrogen) atoms. The van der Waals surface area contributed by atoms with Gasteiger partial charge in [-0.1, -0.05) is 0 Å². The Labute approximate surface area is 71.9 Å². The summed E-state index contributed by atoms with van der Waals surface area (Å²) < 4.78 is 25.4. The Hall–Kier alpha value is -0.220. The van der Waals surface area contributed by atoms with E-state index in [0.29, 0.717) is 19.1 Å². The molecule has 4 heteroatoms. The van der Waals surface area contributed by atoms with Crippen LogP contribution in [0.1, 0.15) is 13.3 Å². The summed E-state index contributed by atoms with van der Waals surface area (Å²) in [6.07, 6.45) is 0.0173. The van der Waals surface area contributed by atoms with Crippen LogP contribution in [0.5, 0.6) is 0 Å². The molecular weight excluding hydrogens is 162 g/mol. The third-order valence-electron chi connectivity index (χ3n) is 2.27. The van der Waals surface area contributed by atoms with Crippen LogP contribution in [-0.4, -0.2) is 43.5 Å². The minimum atomic E-state index is -2.45. The summed E-state index contributed by atoms with van der Waals surface area (Å²) in [7, 11) is 1.85. The summed E-state index contributed by atoms with van der Waals surface area (Å²) in [4.78, 5) is 1.81. The standard InChI is InChI=1S/C8H16F2N2/c1-7(11-2)5-12-4-3-8(9,10)6-12/h7,11H,3-6H2,1-2H3. The first-order chi connectivity index (χ1) is 5.53. The SMILES string of the molecule is CNC(C)CN1CCC(F)(F)C1. The summed E-state index contributed by atoms with van der Waals surface area (Å²) >= 11 is 0. The predicted octanol–water partition coefficient (Wildman–Crippen LogP) is 0.935. The van der Waals surface area contributed by atoms with Crippen LogP contribution in [-0.2, 0) is 0 Å². The van der Waals surface area contributed by atoms with Crippen LogP contribution < -0.4 is 5.32 Å². The predicted molar refractivity (Wildman–Crippen MR) is 44.5 cm³/mol. The second-order valence-electron chi connectivity index (χ2n) is 3.53. The van der Waals surface area contributed by atoms with Crippen molar-refractivity contribution in [2.75, 3.05) is 26.7 Å². The maximum absolute atomic E-state index is 12.7. The highest BCUT2D eigenvalue weighted by atomic mass is 19.3. The summed E-state index contributed by atoms with van der Waals surface area (Å²) in [5.74, 6) is -2.45. The Balaban J connectivity index is 2.28. The lowest BCUT2D eigenvalue weighted by Gasteiger charge is -2.19. The van der Waals surface area contributed by atoms with Crippen molar-refractivity contribution in [1.29, 1.82) is 0 Å². The number of hydrogen-bond acceptors (Lipinski definition) is 2. The molecule has 0 aromatic carbocycles. The van der Waals surface area contributed by atoms with Gasteiger partial charge in [0.25, 0.3) is 5.92 Å². The van der Waals surface area contributed by atoms with E-state index in [1.165, 1.54) is 0 Å². The Morgan fingerprint density at radius 1 is 1.58 bits per heavy atom. The molecule has 1 saturated heterocycles. The number of nitrogens with one attached hydrogen (secondary N) is 1. The zero-order chi connectivity index (χ0) is 9.19. The molecule has 0 spiro atoms. The first kappa shape index (κ1) is 9.86. The van der Waals surface area contributed by atoms with Crippen molar-refractivity contribution in [2.45, 2.75) is 25.3 Å². The van der Waals surface area contributed by atoms with E-state index in [-0.39, 0.29) is 13.0 Å². The molecule has 1 heterocycles. The van der Waals surface area contributed by atoms with Crippen molar-refractivity contribution in [3.05, 3.63) is 0 Å². The molecule has 1 atom stereocenters. The molecule has 0 bridgehead atoms. The molecule has 0 saturated carbocycles. The molecule has 72 valence electrons. The fraction of sp³-hybridized carbons (Fsp3) is 1.00. The van der Waals surface area contributed by atoms with Crippen molar-refractivity contribution < 1.29 is 8.78 Å². The number of rotatable bonds is 3. The van der Waals surface area contributed by atoms with E-state index in [2.05, 4.69) is 5.32 Å². The smallest absolute Gasteiger partial charge is 0.261 e. The van der Waals surface area contributed by atoms with E-state index in [9.17, 15) is 8.78 Å². The largest absolute Gasteiger partial charge is 0.316 e. The van der Waals surface area contributed by atoms with E-state index in [1.54, 1.807) is 4.90 Å². The maximum atomic E-state index is 12.7. The van der Waals surface area contributed by atoms with Crippen molar-refractivity contribution in [2.24, 2.45) is 0 Å². The molecule has 1 rings (SSSR count). The van der Waals surface area contributed by atoms with Gasteiger partial charge in [-0.2, -0.15) is 0 Å². The Morgan fingerprint density at radius 2 is 2.25 bits per heavy atom. The summed E-state index contributed by atoms with van der Waals surface area (Å²) in [5.41, 5.74) is 0. The monoisotopic (exact) mass is 178 g/mol. The van der Waals surface area contributed by atoms with Gasteiger partial charge < -0.3 is 5.32 Å². The van der Waals surface area contributed by atoms with Crippen LogP contribution in [0.4, 0.5) is 8.78 Å². The van der Waals surface area contributed by atoms with Gasteiger partial charge in [0.05, 0.1) is 6.54 Å². The molecule has 0 radical (unpaired) electrons. The lowest BCUT2D eigenvalue weighted by molar-refractivity contribution is 0.0117. The van der Waals surface area contributed by atoms with Gasteiger partial charge in [-0.05, 0) is 14.0 Å². The highest BCUT2D eigenvalue weighted by molar-refractivity contribution is 4.83. The van der Waals surface area contributed by atoms with Crippen LogP contribution in [0.15, 0.2) is 0 Å². The number of likely N-dealkylation sites (N-methyl/N-ethyl adjacent to an activating group) is 1. The lowest BCUT2D eigenvalue weighted by atomic mass is 10.3. The normalized spacial score (nSPS) is 26.0. The average molecular weight is 178 g/mol. The van der Waals surface area contributed by atoms with E-state index >= 15 is 0 Å². The fourth-order valence-electron chi connectivity index (χ4n) is 1.44. The van der Waals surface area contributed by atoms with Crippen molar-refractivity contribution in [3.8, 4) is 0 Å². The Kier molecular flexibility index (Phi) is 3.01. The second kappa shape index (κ2) is 3.66. The van der Waals surface area contributed by atoms with Crippen LogP contribution in [0, 0.1) is 0 Å². The number of likely N-dealkylation sites (tertiary alicyclic amines) is 1. The molecular formula is C8H16F2N2. The van der Waals surface area contributed by atoms with Gasteiger partial charge in [0.15, 0.2) is 0 Å². The third kappa shape index (κ3) is 2.68. The molecule has 1 fully saturated rings. The number of alkyl halides is 2. The minimum absolute atomic E-state index is 0.0173. The zero-order valence-electron chi connectivity index (χ0n) is 7.61. The zero-order valence-corrected chi connectivity index (χ0v) is 7.61. The highest BCUT2D eigenvalue weighted by Gasteiger charge is 2.38.